The highest BCUT2D eigenvalue weighted by Crippen LogP contribution is 2.40. The first-order valence-electron chi connectivity index (χ1n) is 10.6. The first-order chi connectivity index (χ1) is 16.5. The van der Waals surface area contributed by atoms with Crippen LogP contribution in [-0.4, -0.2) is 57.5 Å². The smallest absolute Gasteiger partial charge is 0.351 e. The molecule has 3 aromatic heterocycles. The molecular weight excluding hydrogens is 507 g/mol. The van der Waals surface area contributed by atoms with E-state index in [1.165, 1.54) is 21.4 Å². The van der Waals surface area contributed by atoms with Gasteiger partial charge >= 0.3 is 6.18 Å². The van der Waals surface area contributed by atoms with Crippen LogP contribution in [0.1, 0.15) is 33.6 Å². The summed E-state index contributed by atoms with van der Waals surface area (Å²) in [7, 11) is -2.04. The molecule has 0 aliphatic carbocycles. The molecule has 5 rings (SSSR count). The molecule has 1 saturated heterocycles. The van der Waals surface area contributed by atoms with Crippen molar-refractivity contribution < 1.29 is 26.4 Å². The summed E-state index contributed by atoms with van der Waals surface area (Å²) in [5, 5.41) is 9.58. The Morgan fingerprint density at radius 2 is 1.97 bits per heavy atom. The largest absolute Gasteiger partial charge is 0.420 e. The molecule has 0 atom stereocenters. The summed E-state index contributed by atoms with van der Waals surface area (Å²) in [4.78, 5) is 20.6. The third-order valence-electron chi connectivity index (χ3n) is 5.89. The van der Waals surface area contributed by atoms with Gasteiger partial charge in [-0.15, -0.1) is 11.3 Å². The summed E-state index contributed by atoms with van der Waals surface area (Å²) in [5.74, 6) is -0.301. The zero-order valence-electron chi connectivity index (χ0n) is 18.3. The van der Waals surface area contributed by atoms with Crippen LogP contribution in [0.25, 0.3) is 10.6 Å². The average molecular weight is 528 g/mol. The van der Waals surface area contributed by atoms with Gasteiger partial charge in [0.1, 0.15) is 10.5 Å². The number of aryl methyl sites for hydroxylation is 1. The third-order valence-corrected chi connectivity index (χ3v) is 8.92. The van der Waals surface area contributed by atoms with E-state index >= 15 is 0 Å². The molecule has 2 aliphatic heterocycles. The van der Waals surface area contributed by atoms with Gasteiger partial charge in [0.15, 0.2) is 0 Å². The van der Waals surface area contributed by atoms with Gasteiger partial charge in [-0.2, -0.15) is 22.6 Å². The van der Waals surface area contributed by atoms with E-state index in [2.05, 4.69) is 25.7 Å². The minimum atomic E-state index is -4.67. The Morgan fingerprint density at radius 1 is 1.23 bits per heavy atom. The number of hydrogen-bond donors (Lipinski definition) is 2. The molecule has 0 spiro atoms. The standard InChI is InChI=1S/C20H20F3N7O3S2/c1-29-10-13(8-26-29)35(32,33)30-4-2-12(3-5-30)27-19-25-9-14(20(21,22)23)16(28-19)15-6-11-7-24-18(31)17(11)34-15/h6,8-10,12H,2-5,7H2,1H3,(H,24,31)(H,25,27,28). The van der Waals surface area contributed by atoms with E-state index in [4.69, 9.17) is 0 Å². The average Bonchev–Trinajstić information content (AvgIpc) is 3.51. The van der Waals surface area contributed by atoms with Crippen molar-refractivity contribution in [3.63, 3.8) is 0 Å². The zero-order valence-corrected chi connectivity index (χ0v) is 20.0. The molecule has 0 bridgehead atoms. The number of sulfonamides is 1. The van der Waals surface area contributed by atoms with Gasteiger partial charge in [0.2, 0.25) is 16.0 Å². The SMILES string of the molecule is Cn1cc(S(=O)(=O)N2CCC(Nc3ncc(C(F)(F)F)c(-c4cc5c(s4)C(=O)NC5)n3)CC2)cn1. The lowest BCUT2D eigenvalue weighted by Gasteiger charge is -2.31. The van der Waals surface area contributed by atoms with Gasteiger partial charge in [-0.3, -0.25) is 9.48 Å². The van der Waals surface area contributed by atoms with Crippen LogP contribution in [0.2, 0.25) is 0 Å². The van der Waals surface area contributed by atoms with E-state index in [1.54, 1.807) is 13.1 Å². The molecule has 3 aromatic rings. The second-order valence-corrected chi connectivity index (χ2v) is 11.3. The summed E-state index contributed by atoms with van der Waals surface area (Å²) in [5.41, 5.74) is -0.641. The van der Waals surface area contributed by atoms with Crippen molar-refractivity contribution in [2.24, 2.45) is 7.05 Å². The van der Waals surface area contributed by atoms with Crippen LogP contribution in [-0.2, 0) is 29.8 Å². The van der Waals surface area contributed by atoms with Gasteiger partial charge in [0, 0.05) is 45.1 Å². The van der Waals surface area contributed by atoms with Crippen molar-refractivity contribution in [3.8, 4) is 10.6 Å². The molecule has 15 heteroatoms. The molecule has 10 nitrogen and oxygen atoms in total. The number of nitrogens with zero attached hydrogens (tertiary/aromatic N) is 5. The Balaban J connectivity index is 1.34. The molecule has 186 valence electrons. The minimum Gasteiger partial charge on any atom is -0.351 e. The fraction of sp³-hybridized carbons (Fsp3) is 0.400. The maximum Gasteiger partial charge on any atom is 0.420 e. The maximum absolute atomic E-state index is 13.7. The van der Waals surface area contributed by atoms with Crippen molar-refractivity contribution in [2.45, 2.75) is 36.5 Å². The first-order valence-corrected chi connectivity index (χ1v) is 12.9. The van der Waals surface area contributed by atoms with Gasteiger partial charge in [-0.05, 0) is 24.5 Å². The van der Waals surface area contributed by atoms with E-state index in [0.29, 0.717) is 23.3 Å². The topological polar surface area (TPSA) is 122 Å². The van der Waals surface area contributed by atoms with E-state index < -0.39 is 21.8 Å². The number of nitrogens with one attached hydrogen (secondary N) is 2. The van der Waals surface area contributed by atoms with Crippen LogP contribution >= 0.6 is 11.3 Å². The fourth-order valence-corrected chi connectivity index (χ4v) is 6.63. The lowest BCUT2D eigenvalue weighted by Crippen LogP contribution is -2.42. The lowest BCUT2D eigenvalue weighted by atomic mass is 10.1. The molecule has 35 heavy (non-hydrogen) atoms. The first kappa shape index (κ1) is 23.7. The van der Waals surface area contributed by atoms with Gasteiger partial charge < -0.3 is 10.6 Å². The number of fused-ring (bicyclic) bond motifs is 1. The Bertz CT molecular complexity index is 1390. The van der Waals surface area contributed by atoms with Crippen molar-refractivity contribution in [2.75, 3.05) is 18.4 Å². The normalized spacial score (nSPS) is 17.4. The minimum absolute atomic E-state index is 0.0135. The van der Waals surface area contributed by atoms with Crippen LogP contribution in [0.3, 0.4) is 0 Å². The molecular formula is C20H20F3N7O3S2. The molecule has 1 amide bonds. The van der Waals surface area contributed by atoms with Crippen molar-refractivity contribution in [1.29, 1.82) is 0 Å². The molecule has 0 aromatic carbocycles. The highest BCUT2D eigenvalue weighted by atomic mass is 32.2. The Labute approximate surface area is 202 Å². The van der Waals surface area contributed by atoms with Gasteiger partial charge in [0.05, 0.1) is 21.6 Å². The van der Waals surface area contributed by atoms with Crippen LogP contribution < -0.4 is 10.6 Å². The van der Waals surface area contributed by atoms with Crippen molar-refractivity contribution >= 4 is 33.2 Å². The van der Waals surface area contributed by atoms with Gasteiger partial charge in [-0.1, -0.05) is 0 Å². The Hall–Kier alpha value is -3.04. The zero-order chi connectivity index (χ0) is 25.0. The van der Waals surface area contributed by atoms with Gasteiger partial charge in [0.25, 0.3) is 5.91 Å². The summed E-state index contributed by atoms with van der Waals surface area (Å²) in [6.45, 7) is 0.729. The monoisotopic (exact) mass is 527 g/mol. The van der Waals surface area contributed by atoms with E-state index in [0.717, 1.165) is 17.5 Å². The second-order valence-electron chi connectivity index (χ2n) is 8.27. The van der Waals surface area contributed by atoms with E-state index in [9.17, 15) is 26.4 Å². The number of alkyl halides is 3. The fourth-order valence-electron chi connectivity index (χ4n) is 4.08. The van der Waals surface area contributed by atoms with E-state index in [-0.39, 0.29) is 53.0 Å². The predicted octanol–water partition coefficient (Wildman–Crippen LogP) is 2.47. The number of aromatic nitrogens is 4. The summed E-state index contributed by atoms with van der Waals surface area (Å²) in [6.07, 6.45) is -0.365. The van der Waals surface area contributed by atoms with E-state index in [1.807, 2.05) is 0 Å². The van der Waals surface area contributed by atoms with Crippen molar-refractivity contribution in [1.82, 2.24) is 29.4 Å². The Kier molecular flexibility index (Phi) is 5.80. The van der Waals surface area contributed by atoms with Crippen molar-refractivity contribution in [3.05, 3.63) is 40.7 Å². The number of carbonyl (C=O) groups excluding carboxylic acids is 1. The highest BCUT2D eigenvalue weighted by molar-refractivity contribution is 7.89. The summed E-state index contributed by atoms with van der Waals surface area (Å²) in [6, 6.07) is 1.32. The summed E-state index contributed by atoms with van der Waals surface area (Å²) < 4.78 is 69.3. The maximum atomic E-state index is 13.7. The number of piperidine rings is 1. The van der Waals surface area contributed by atoms with Crippen LogP contribution in [0.5, 0.6) is 0 Å². The number of rotatable bonds is 5. The number of amides is 1. The highest BCUT2D eigenvalue weighted by Gasteiger charge is 2.37. The van der Waals surface area contributed by atoms with Crippen LogP contribution in [0.15, 0.2) is 29.6 Å². The van der Waals surface area contributed by atoms with Crippen LogP contribution in [0, 0.1) is 0 Å². The predicted molar refractivity (Wildman–Crippen MR) is 120 cm³/mol. The number of halogens is 3. The lowest BCUT2D eigenvalue weighted by molar-refractivity contribution is -0.137. The number of carbonyl (C=O) groups is 1. The molecule has 5 heterocycles. The van der Waals surface area contributed by atoms with Gasteiger partial charge in [-0.25, -0.2) is 18.4 Å². The quantitative estimate of drug-likeness (QED) is 0.523. The third kappa shape index (κ3) is 4.50. The number of hydrogen-bond acceptors (Lipinski definition) is 8. The molecule has 0 radical (unpaired) electrons. The number of anilines is 1. The molecule has 0 unspecified atom stereocenters. The molecule has 0 saturated carbocycles. The summed E-state index contributed by atoms with van der Waals surface area (Å²) >= 11 is 0.961. The molecule has 2 aliphatic rings. The Morgan fingerprint density at radius 3 is 2.60 bits per heavy atom. The molecule has 2 N–H and O–H groups in total. The van der Waals surface area contributed by atoms with Crippen LogP contribution in [0.4, 0.5) is 19.1 Å². The number of thiophene rings is 1. The second kappa shape index (κ2) is 8.57. The molecule has 1 fully saturated rings.